The van der Waals surface area contributed by atoms with Crippen LogP contribution in [-0.4, -0.2) is 37.5 Å². The van der Waals surface area contributed by atoms with Gasteiger partial charge in [-0.05, 0) is 49.9 Å². The summed E-state index contributed by atoms with van der Waals surface area (Å²) in [6.45, 7) is 4.36. The van der Waals surface area contributed by atoms with E-state index in [9.17, 15) is 0 Å². The Hall–Kier alpha value is -1.14. The molecule has 120 valence electrons. The highest BCUT2D eigenvalue weighted by molar-refractivity contribution is 5.36. The SMILES string of the molecule is COc1ccc2c(c1)CO[C@H]1[C@H]3OC(C)(C)O[C@H]3O[C@@H]1CC2. The maximum absolute atomic E-state index is 6.15. The summed E-state index contributed by atoms with van der Waals surface area (Å²) in [6.07, 6.45) is 1.36. The van der Waals surface area contributed by atoms with Gasteiger partial charge in [-0.2, -0.15) is 0 Å². The average molecular weight is 306 g/mol. The van der Waals surface area contributed by atoms with Gasteiger partial charge < -0.3 is 23.7 Å². The van der Waals surface area contributed by atoms with E-state index in [2.05, 4.69) is 12.1 Å². The summed E-state index contributed by atoms with van der Waals surface area (Å²) in [5.41, 5.74) is 2.47. The van der Waals surface area contributed by atoms with Crippen LogP contribution in [0.3, 0.4) is 0 Å². The lowest BCUT2D eigenvalue weighted by Crippen LogP contribution is -2.37. The number of hydrogen-bond acceptors (Lipinski definition) is 5. The number of fused-ring (bicyclic) bond motifs is 4. The van der Waals surface area contributed by atoms with E-state index >= 15 is 0 Å². The molecule has 5 nitrogen and oxygen atoms in total. The third-order valence-electron chi connectivity index (χ3n) is 4.63. The van der Waals surface area contributed by atoms with Crippen LogP contribution >= 0.6 is 0 Å². The molecule has 0 aromatic heterocycles. The summed E-state index contributed by atoms with van der Waals surface area (Å²) in [7, 11) is 1.68. The number of benzene rings is 1. The van der Waals surface area contributed by atoms with Gasteiger partial charge in [0.1, 0.15) is 18.0 Å². The first-order valence-corrected chi connectivity index (χ1v) is 7.84. The smallest absolute Gasteiger partial charge is 0.190 e. The van der Waals surface area contributed by atoms with Gasteiger partial charge in [0.15, 0.2) is 12.1 Å². The topological polar surface area (TPSA) is 46.2 Å². The fraction of sp³-hybridized carbons (Fsp3) is 0.647. The third-order valence-corrected chi connectivity index (χ3v) is 4.63. The van der Waals surface area contributed by atoms with E-state index in [4.69, 9.17) is 23.7 Å². The Morgan fingerprint density at radius 2 is 2.00 bits per heavy atom. The van der Waals surface area contributed by atoms with E-state index in [1.54, 1.807) is 7.11 Å². The van der Waals surface area contributed by atoms with Crippen molar-refractivity contribution in [1.29, 1.82) is 0 Å². The molecule has 0 spiro atoms. The zero-order valence-electron chi connectivity index (χ0n) is 13.2. The van der Waals surface area contributed by atoms with Gasteiger partial charge in [-0.1, -0.05) is 6.07 Å². The molecule has 0 N–H and O–H groups in total. The fourth-order valence-electron chi connectivity index (χ4n) is 3.57. The van der Waals surface area contributed by atoms with Crippen LogP contribution in [-0.2, 0) is 32.0 Å². The van der Waals surface area contributed by atoms with Crippen molar-refractivity contribution < 1.29 is 23.7 Å². The van der Waals surface area contributed by atoms with Gasteiger partial charge in [0, 0.05) is 0 Å². The van der Waals surface area contributed by atoms with Gasteiger partial charge in [-0.25, -0.2) is 0 Å². The zero-order valence-corrected chi connectivity index (χ0v) is 13.2. The number of aryl methyl sites for hydroxylation is 1. The largest absolute Gasteiger partial charge is 0.497 e. The van der Waals surface area contributed by atoms with Crippen molar-refractivity contribution in [2.24, 2.45) is 0 Å². The van der Waals surface area contributed by atoms with E-state index in [0.717, 1.165) is 18.6 Å². The van der Waals surface area contributed by atoms with Crippen molar-refractivity contribution >= 4 is 0 Å². The molecular formula is C17H22O5. The van der Waals surface area contributed by atoms with E-state index in [1.807, 2.05) is 19.9 Å². The van der Waals surface area contributed by atoms with Gasteiger partial charge in [0.05, 0.1) is 19.8 Å². The van der Waals surface area contributed by atoms with Crippen molar-refractivity contribution in [3.05, 3.63) is 29.3 Å². The van der Waals surface area contributed by atoms with Crippen LogP contribution in [0.15, 0.2) is 18.2 Å². The molecule has 3 heterocycles. The second kappa shape index (κ2) is 5.20. The van der Waals surface area contributed by atoms with Crippen LogP contribution in [0, 0.1) is 0 Å². The van der Waals surface area contributed by atoms with Gasteiger partial charge in [-0.3, -0.25) is 0 Å². The molecule has 4 rings (SSSR count). The van der Waals surface area contributed by atoms with Crippen molar-refractivity contribution in [1.82, 2.24) is 0 Å². The maximum Gasteiger partial charge on any atom is 0.190 e. The fourth-order valence-corrected chi connectivity index (χ4v) is 3.57. The Morgan fingerprint density at radius 3 is 2.82 bits per heavy atom. The molecule has 0 radical (unpaired) electrons. The van der Waals surface area contributed by atoms with E-state index < -0.39 is 5.79 Å². The van der Waals surface area contributed by atoms with Crippen LogP contribution in [0.4, 0.5) is 0 Å². The molecule has 3 aliphatic heterocycles. The molecule has 0 aliphatic carbocycles. The first-order valence-electron chi connectivity index (χ1n) is 7.84. The minimum atomic E-state index is -0.604. The highest BCUT2D eigenvalue weighted by Crippen LogP contribution is 2.41. The van der Waals surface area contributed by atoms with E-state index in [1.165, 1.54) is 11.1 Å². The van der Waals surface area contributed by atoms with Crippen LogP contribution in [0.1, 0.15) is 31.4 Å². The minimum Gasteiger partial charge on any atom is -0.497 e. The lowest BCUT2D eigenvalue weighted by molar-refractivity contribution is -0.220. The van der Waals surface area contributed by atoms with Crippen LogP contribution in [0.5, 0.6) is 5.75 Å². The van der Waals surface area contributed by atoms with Crippen LogP contribution < -0.4 is 4.74 Å². The monoisotopic (exact) mass is 306 g/mol. The van der Waals surface area contributed by atoms with Crippen molar-refractivity contribution in [3.8, 4) is 5.75 Å². The zero-order chi connectivity index (χ0) is 15.3. The predicted molar refractivity (Wildman–Crippen MR) is 78.6 cm³/mol. The lowest BCUT2D eigenvalue weighted by Gasteiger charge is -2.28. The maximum atomic E-state index is 6.15. The van der Waals surface area contributed by atoms with E-state index in [0.29, 0.717) is 6.61 Å². The molecule has 0 unspecified atom stereocenters. The second-order valence-corrected chi connectivity index (χ2v) is 6.59. The Bertz CT molecular complexity index is 570. The molecule has 1 aromatic carbocycles. The quantitative estimate of drug-likeness (QED) is 0.797. The van der Waals surface area contributed by atoms with Gasteiger partial charge in [0.25, 0.3) is 0 Å². The average Bonchev–Trinajstić information content (AvgIpc) is 2.92. The Morgan fingerprint density at radius 1 is 1.14 bits per heavy atom. The highest BCUT2D eigenvalue weighted by Gasteiger charge is 2.55. The molecule has 1 aromatic rings. The lowest BCUT2D eigenvalue weighted by atomic mass is 9.96. The summed E-state index contributed by atoms with van der Waals surface area (Å²) >= 11 is 0. The Labute approximate surface area is 130 Å². The molecule has 0 saturated carbocycles. The van der Waals surface area contributed by atoms with Crippen LogP contribution in [0.2, 0.25) is 0 Å². The standard InChI is InChI=1S/C17H22O5/c1-17(2)21-15-14-13(20-16(15)22-17)7-5-10-4-6-12(18-3)8-11(10)9-19-14/h4,6,8,13-16H,5,7,9H2,1-3H3/t13-,14-,15-,16-/m1/s1. The molecule has 5 heteroatoms. The summed E-state index contributed by atoms with van der Waals surface area (Å²) in [6, 6.07) is 6.17. The summed E-state index contributed by atoms with van der Waals surface area (Å²) < 4.78 is 29.3. The Kier molecular flexibility index (Phi) is 3.42. The molecule has 4 atom stereocenters. The number of rotatable bonds is 1. The number of ether oxygens (including phenoxy) is 5. The van der Waals surface area contributed by atoms with Gasteiger partial charge in [-0.15, -0.1) is 0 Å². The molecular weight excluding hydrogens is 284 g/mol. The Balaban J connectivity index is 1.56. The number of hydrogen-bond donors (Lipinski definition) is 0. The summed E-state index contributed by atoms with van der Waals surface area (Å²) in [4.78, 5) is 0. The van der Waals surface area contributed by atoms with Crippen molar-refractivity contribution in [2.75, 3.05) is 7.11 Å². The third kappa shape index (κ3) is 2.42. The van der Waals surface area contributed by atoms with Crippen molar-refractivity contribution in [3.63, 3.8) is 0 Å². The minimum absolute atomic E-state index is 0.0290. The summed E-state index contributed by atoms with van der Waals surface area (Å²) in [5, 5.41) is 0. The highest BCUT2D eigenvalue weighted by atomic mass is 16.8. The van der Waals surface area contributed by atoms with Crippen molar-refractivity contribution in [2.45, 2.75) is 63.7 Å². The van der Waals surface area contributed by atoms with Gasteiger partial charge in [0.2, 0.25) is 0 Å². The van der Waals surface area contributed by atoms with Crippen LogP contribution in [0.25, 0.3) is 0 Å². The van der Waals surface area contributed by atoms with E-state index in [-0.39, 0.29) is 24.6 Å². The molecule has 2 fully saturated rings. The first-order chi connectivity index (χ1) is 10.6. The second-order valence-electron chi connectivity index (χ2n) is 6.59. The first kappa shape index (κ1) is 14.5. The molecule has 0 bridgehead atoms. The predicted octanol–water partition coefficient (Wildman–Crippen LogP) is 2.40. The molecule has 2 saturated heterocycles. The molecule has 3 aliphatic rings. The summed E-state index contributed by atoms with van der Waals surface area (Å²) in [5.74, 6) is 0.259. The molecule has 0 amide bonds. The van der Waals surface area contributed by atoms with Gasteiger partial charge >= 0.3 is 0 Å². The number of methoxy groups -OCH3 is 1. The molecule has 22 heavy (non-hydrogen) atoms. The normalized spacial score (nSPS) is 36.0.